The van der Waals surface area contributed by atoms with Crippen molar-refractivity contribution >= 4 is 6.08 Å². The van der Waals surface area contributed by atoms with Gasteiger partial charge in [0.25, 0.3) is 0 Å². The molecule has 1 rings (SSSR count). The highest BCUT2D eigenvalue weighted by molar-refractivity contribution is 5.57. The molecule has 0 aliphatic rings. The molecule has 0 saturated heterocycles. The zero-order chi connectivity index (χ0) is 13.7. The Bertz CT molecular complexity index is 412. The molecule has 100 valence electrons. The molecule has 0 amide bonds. The Labute approximate surface area is 109 Å². The van der Waals surface area contributed by atoms with E-state index in [1.807, 2.05) is 39.0 Å². The monoisotopic (exact) mass is 250 g/mol. The summed E-state index contributed by atoms with van der Waals surface area (Å²) in [4.78, 5) is 0. The van der Waals surface area contributed by atoms with Crippen LogP contribution in [0.4, 0.5) is 0 Å². The highest BCUT2D eigenvalue weighted by Crippen LogP contribution is 2.26. The summed E-state index contributed by atoms with van der Waals surface area (Å²) >= 11 is 0. The maximum Gasteiger partial charge on any atom is 0.122 e. The van der Waals surface area contributed by atoms with Crippen LogP contribution in [0.2, 0.25) is 0 Å². The van der Waals surface area contributed by atoms with E-state index < -0.39 is 6.10 Å². The molecule has 1 aromatic rings. The van der Waals surface area contributed by atoms with E-state index in [9.17, 15) is 5.11 Å². The fourth-order valence-electron chi connectivity index (χ4n) is 1.89. The van der Waals surface area contributed by atoms with Crippen LogP contribution in [0.3, 0.4) is 0 Å². The normalized spacial score (nSPS) is 14.1. The van der Waals surface area contributed by atoms with Crippen LogP contribution in [-0.4, -0.2) is 29.0 Å². The summed E-state index contributed by atoms with van der Waals surface area (Å²) < 4.78 is 5.79. The van der Waals surface area contributed by atoms with Gasteiger partial charge in [-0.25, -0.2) is 0 Å². The maximum atomic E-state index is 9.37. The molecule has 0 spiro atoms. The first-order valence-electron chi connectivity index (χ1n) is 6.17. The Kier molecular flexibility index (Phi) is 5.38. The van der Waals surface area contributed by atoms with Gasteiger partial charge in [-0.3, -0.25) is 0 Å². The molecule has 0 aliphatic carbocycles. The molecule has 0 aromatic heterocycles. The zero-order valence-corrected chi connectivity index (χ0v) is 11.3. The third-order valence-electron chi connectivity index (χ3n) is 3.14. The number of hydrogen-bond donors (Lipinski definition) is 2. The van der Waals surface area contributed by atoms with Crippen LogP contribution in [0, 0.1) is 13.8 Å². The van der Waals surface area contributed by atoms with Gasteiger partial charge in [0.1, 0.15) is 5.75 Å². The van der Waals surface area contributed by atoms with Crippen molar-refractivity contribution in [3.8, 4) is 5.75 Å². The quantitative estimate of drug-likeness (QED) is 0.815. The molecular formula is C15H22O3. The molecule has 0 bridgehead atoms. The Morgan fingerprint density at radius 1 is 1.33 bits per heavy atom. The van der Waals surface area contributed by atoms with Gasteiger partial charge in [-0.15, -0.1) is 0 Å². The number of ether oxygens (including phenoxy) is 1. The molecule has 1 aromatic carbocycles. The second-order valence-corrected chi connectivity index (χ2v) is 4.61. The number of rotatable bonds is 6. The fourth-order valence-corrected chi connectivity index (χ4v) is 1.89. The summed E-state index contributed by atoms with van der Waals surface area (Å²) in [6.45, 7) is 9.46. The van der Waals surface area contributed by atoms with Gasteiger partial charge in [0.2, 0.25) is 0 Å². The van der Waals surface area contributed by atoms with Gasteiger partial charge in [-0.1, -0.05) is 18.7 Å². The minimum Gasteiger partial charge on any atom is -0.490 e. The predicted molar refractivity (Wildman–Crippen MR) is 73.8 cm³/mol. The lowest BCUT2D eigenvalue weighted by Crippen LogP contribution is -2.23. The van der Waals surface area contributed by atoms with Crippen molar-refractivity contribution in [1.82, 2.24) is 0 Å². The van der Waals surface area contributed by atoms with Crippen molar-refractivity contribution in [3.63, 3.8) is 0 Å². The highest BCUT2D eigenvalue weighted by atomic mass is 16.5. The van der Waals surface area contributed by atoms with Gasteiger partial charge in [0.15, 0.2) is 0 Å². The summed E-state index contributed by atoms with van der Waals surface area (Å²) in [5.74, 6) is 0.815. The maximum absolute atomic E-state index is 9.37. The van der Waals surface area contributed by atoms with Gasteiger partial charge in [-0.05, 0) is 43.5 Å². The van der Waals surface area contributed by atoms with E-state index >= 15 is 0 Å². The van der Waals surface area contributed by atoms with Crippen molar-refractivity contribution in [2.75, 3.05) is 6.61 Å². The van der Waals surface area contributed by atoms with Crippen molar-refractivity contribution in [3.05, 3.63) is 35.4 Å². The second kappa shape index (κ2) is 6.57. The first kappa shape index (κ1) is 14.7. The summed E-state index contributed by atoms with van der Waals surface area (Å²) in [5, 5.41) is 18.2. The average molecular weight is 250 g/mol. The van der Waals surface area contributed by atoms with Gasteiger partial charge in [0.05, 0.1) is 18.8 Å². The van der Waals surface area contributed by atoms with E-state index in [0.29, 0.717) is 6.42 Å². The molecule has 0 fully saturated rings. The minimum absolute atomic E-state index is 0.139. The van der Waals surface area contributed by atoms with Crippen LogP contribution in [0.25, 0.3) is 6.08 Å². The van der Waals surface area contributed by atoms with E-state index in [1.54, 1.807) is 0 Å². The van der Waals surface area contributed by atoms with Crippen LogP contribution >= 0.6 is 0 Å². The van der Waals surface area contributed by atoms with Crippen LogP contribution in [0.5, 0.6) is 5.75 Å². The second-order valence-electron chi connectivity index (χ2n) is 4.61. The SMILES string of the molecule is C=Cc1ccc(O[C@@H](C)CC(O)CO)c(C)c1C. The molecule has 0 heterocycles. The molecule has 2 atom stereocenters. The predicted octanol–water partition coefficient (Wildman–Crippen LogP) is 2.46. The van der Waals surface area contributed by atoms with Gasteiger partial charge in [0, 0.05) is 6.42 Å². The highest BCUT2D eigenvalue weighted by Gasteiger charge is 2.13. The Morgan fingerprint density at radius 2 is 2.00 bits per heavy atom. The molecule has 18 heavy (non-hydrogen) atoms. The number of aliphatic hydroxyl groups excluding tert-OH is 2. The summed E-state index contributed by atoms with van der Waals surface area (Å²) in [7, 11) is 0. The van der Waals surface area contributed by atoms with Crippen molar-refractivity contribution < 1.29 is 14.9 Å². The molecule has 3 heteroatoms. The topological polar surface area (TPSA) is 49.7 Å². The Hall–Kier alpha value is -1.32. The number of benzene rings is 1. The standard InChI is InChI=1S/C15H22O3/c1-5-13-6-7-15(12(4)11(13)3)18-10(2)8-14(17)9-16/h5-7,10,14,16-17H,1,8-9H2,2-4H3/t10-,14?/m0/s1. The van der Waals surface area contributed by atoms with E-state index in [4.69, 9.17) is 9.84 Å². The molecule has 0 aliphatic heterocycles. The van der Waals surface area contributed by atoms with Gasteiger partial charge >= 0.3 is 0 Å². The molecular weight excluding hydrogens is 228 g/mol. The summed E-state index contributed by atoms with van der Waals surface area (Å²) in [6.07, 6.45) is 1.37. The largest absolute Gasteiger partial charge is 0.490 e. The van der Waals surface area contributed by atoms with Crippen LogP contribution in [0.15, 0.2) is 18.7 Å². The van der Waals surface area contributed by atoms with Crippen molar-refractivity contribution in [2.45, 2.75) is 39.4 Å². The lowest BCUT2D eigenvalue weighted by molar-refractivity contribution is 0.0549. The summed E-state index contributed by atoms with van der Waals surface area (Å²) in [6, 6.07) is 3.89. The first-order chi connectivity index (χ1) is 8.49. The van der Waals surface area contributed by atoms with Crippen LogP contribution in [-0.2, 0) is 0 Å². The number of aliphatic hydroxyl groups is 2. The molecule has 0 saturated carbocycles. The van der Waals surface area contributed by atoms with E-state index in [0.717, 1.165) is 22.4 Å². The Balaban J connectivity index is 2.79. The third kappa shape index (κ3) is 3.59. The summed E-state index contributed by atoms with van der Waals surface area (Å²) in [5.41, 5.74) is 3.33. The molecule has 1 unspecified atom stereocenters. The lowest BCUT2D eigenvalue weighted by Gasteiger charge is -2.19. The lowest BCUT2D eigenvalue weighted by atomic mass is 10.0. The van der Waals surface area contributed by atoms with E-state index in [1.165, 1.54) is 0 Å². The fraction of sp³-hybridized carbons (Fsp3) is 0.467. The average Bonchev–Trinajstić information content (AvgIpc) is 2.35. The van der Waals surface area contributed by atoms with E-state index in [-0.39, 0.29) is 12.7 Å². The molecule has 0 radical (unpaired) electrons. The number of hydrogen-bond acceptors (Lipinski definition) is 3. The van der Waals surface area contributed by atoms with Crippen molar-refractivity contribution in [2.24, 2.45) is 0 Å². The third-order valence-corrected chi connectivity index (χ3v) is 3.14. The smallest absolute Gasteiger partial charge is 0.122 e. The Morgan fingerprint density at radius 3 is 2.56 bits per heavy atom. The first-order valence-corrected chi connectivity index (χ1v) is 6.17. The van der Waals surface area contributed by atoms with Crippen LogP contribution < -0.4 is 4.74 Å². The van der Waals surface area contributed by atoms with E-state index in [2.05, 4.69) is 6.58 Å². The van der Waals surface area contributed by atoms with Crippen molar-refractivity contribution in [1.29, 1.82) is 0 Å². The molecule has 3 nitrogen and oxygen atoms in total. The van der Waals surface area contributed by atoms with Gasteiger partial charge < -0.3 is 14.9 Å². The van der Waals surface area contributed by atoms with Gasteiger partial charge in [-0.2, -0.15) is 0 Å². The minimum atomic E-state index is -0.728. The van der Waals surface area contributed by atoms with Crippen LogP contribution in [0.1, 0.15) is 30.0 Å². The molecule has 2 N–H and O–H groups in total. The zero-order valence-electron chi connectivity index (χ0n) is 11.3.